The van der Waals surface area contributed by atoms with Crippen molar-refractivity contribution in [2.24, 2.45) is 0 Å². The van der Waals surface area contributed by atoms with Crippen molar-refractivity contribution in [3.63, 3.8) is 0 Å². The third-order valence-electron chi connectivity index (χ3n) is 2.68. The summed E-state index contributed by atoms with van der Waals surface area (Å²) in [6.45, 7) is 1.92. The molecule has 0 amide bonds. The summed E-state index contributed by atoms with van der Waals surface area (Å²) in [5.41, 5.74) is 1.35. The topological polar surface area (TPSA) is 83.2 Å². The number of esters is 1. The normalized spacial score (nSPS) is 10.1. The van der Waals surface area contributed by atoms with Gasteiger partial charge in [-0.05, 0) is 24.6 Å². The number of fused-ring (bicyclic) bond motifs is 1. The Labute approximate surface area is 110 Å². The van der Waals surface area contributed by atoms with E-state index in [9.17, 15) is 9.90 Å². The van der Waals surface area contributed by atoms with Gasteiger partial charge >= 0.3 is 5.97 Å². The predicted molar refractivity (Wildman–Crippen MR) is 68.7 cm³/mol. The van der Waals surface area contributed by atoms with Crippen molar-refractivity contribution in [1.82, 2.24) is 4.98 Å². The van der Waals surface area contributed by atoms with Gasteiger partial charge in [0, 0.05) is 11.6 Å². The Bertz CT molecular complexity index is 674. The summed E-state index contributed by atoms with van der Waals surface area (Å²) in [4.78, 5) is 15.7. The summed E-state index contributed by atoms with van der Waals surface area (Å²) in [5, 5.41) is 19.2. The molecule has 2 rings (SSSR count). The van der Waals surface area contributed by atoms with Gasteiger partial charge in [-0.1, -0.05) is 6.07 Å². The van der Waals surface area contributed by atoms with Gasteiger partial charge in [0.2, 0.25) is 0 Å². The molecule has 96 valence electrons. The van der Waals surface area contributed by atoms with Crippen LogP contribution in [0.1, 0.15) is 22.8 Å². The average Bonchev–Trinajstić information content (AvgIpc) is 2.40. The van der Waals surface area contributed by atoms with Gasteiger partial charge in [0.15, 0.2) is 0 Å². The number of hydrogen-bond acceptors (Lipinski definition) is 5. The smallest absolute Gasteiger partial charge is 0.343 e. The van der Waals surface area contributed by atoms with Crippen LogP contribution in [0.4, 0.5) is 0 Å². The molecule has 0 bridgehead atoms. The first-order valence-electron chi connectivity index (χ1n) is 5.82. The molecule has 0 radical (unpaired) electrons. The SMILES string of the molecule is CCOC(=O)c1cnc2ccc(CC#N)cc2c1O. The maximum Gasteiger partial charge on any atom is 0.343 e. The number of hydrogen-bond donors (Lipinski definition) is 1. The molecule has 0 aliphatic carbocycles. The van der Waals surface area contributed by atoms with Crippen molar-refractivity contribution in [1.29, 1.82) is 5.26 Å². The van der Waals surface area contributed by atoms with Crippen LogP contribution in [0.15, 0.2) is 24.4 Å². The molecule has 0 unspecified atom stereocenters. The predicted octanol–water partition coefficient (Wildman–Crippen LogP) is 2.18. The van der Waals surface area contributed by atoms with Crippen LogP contribution in [0.3, 0.4) is 0 Å². The molecule has 0 saturated heterocycles. The monoisotopic (exact) mass is 256 g/mol. The number of benzene rings is 1. The number of ether oxygens (including phenoxy) is 1. The summed E-state index contributed by atoms with van der Waals surface area (Å²) >= 11 is 0. The van der Waals surface area contributed by atoms with Gasteiger partial charge < -0.3 is 9.84 Å². The maximum atomic E-state index is 11.6. The molecule has 0 saturated carbocycles. The van der Waals surface area contributed by atoms with Crippen LogP contribution in [0, 0.1) is 11.3 Å². The third-order valence-corrected chi connectivity index (χ3v) is 2.68. The molecule has 0 atom stereocenters. The highest BCUT2D eigenvalue weighted by atomic mass is 16.5. The lowest BCUT2D eigenvalue weighted by molar-refractivity contribution is 0.0523. The second-order valence-corrected chi connectivity index (χ2v) is 3.93. The van der Waals surface area contributed by atoms with E-state index < -0.39 is 5.97 Å². The molecule has 1 heterocycles. The van der Waals surface area contributed by atoms with Crippen LogP contribution in [-0.2, 0) is 11.2 Å². The highest BCUT2D eigenvalue weighted by molar-refractivity contribution is 5.99. The molecule has 1 aromatic heterocycles. The molecule has 0 aliphatic rings. The first-order valence-corrected chi connectivity index (χ1v) is 5.82. The Morgan fingerprint density at radius 2 is 2.32 bits per heavy atom. The molecule has 2 aromatic rings. The van der Waals surface area contributed by atoms with Gasteiger partial charge in [-0.25, -0.2) is 4.79 Å². The van der Waals surface area contributed by atoms with Crippen LogP contribution in [0.25, 0.3) is 10.9 Å². The second-order valence-electron chi connectivity index (χ2n) is 3.93. The fraction of sp³-hybridized carbons (Fsp3) is 0.214. The van der Waals surface area contributed by atoms with Gasteiger partial charge in [-0.3, -0.25) is 4.98 Å². The largest absolute Gasteiger partial charge is 0.506 e. The highest BCUT2D eigenvalue weighted by Gasteiger charge is 2.16. The summed E-state index contributed by atoms with van der Waals surface area (Å²) < 4.78 is 4.84. The summed E-state index contributed by atoms with van der Waals surface area (Å²) in [6.07, 6.45) is 1.53. The quantitative estimate of drug-likeness (QED) is 0.851. The third kappa shape index (κ3) is 2.47. The zero-order chi connectivity index (χ0) is 13.8. The van der Waals surface area contributed by atoms with Crippen LogP contribution in [-0.4, -0.2) is 22.7 Å². The second kappa shape index (κ2) is 5.36. The van der Waals surface area contributed by atoms with Crippen molar-refractivity contribution in [2.75, 3.05) is 6.61 Å². The van der Waals surface area contributed by atoms with Crippen molar-refractivity contribution in [2.45, 2.75) is 13.3 Å². The number of nitriles is 1. The van der Waals surface area contributed by atoms with Crippen LogP contribution >= 0.6 is 0 Å². The zero-order valence-electron chi connectivity index (χ0n) is 10.4. The lowest BCUT2D eigenvalue weighted by Gasteiger charge is -2.07. The van der Waals surface area contributed by atoms with E-state index >= 15 is 0 Å². The number of aromatic nitrogens is 1. The van der Waals surface area contributed by atoms with E-state index in [1.165, 1.54) is 6.20 Å². The van der Waals surface area contributed by atoms with Gasteiger partial charge in [0.1, 0.15) is 11.3 Å². The molecule has 1 aromatic carbocycles. The van der Waals surface area contributed by atoms with Crippen LogP contribution < -0.4 is 0 Å². The number of aromatic hydroxyl groups is 1. The number of carbonyl (C=O) groups excluding carboxylic acids is 1. The van der Waals surface area contributed by atoms with Crippen molar-refractivity contribution < 1.29 is 14.6 Å². The molecule has 1 N–H and O–H groups in total. The number of pyridine rings is 1. The van der Waals surface area contributed by atoms with E-state index in [2.05, 4.69) is 4.98 Å². The lowest BCUT2D eigenvalue weighted by Crippen LogP contribution is -2.05. The number of rotatable bonds is 3. The first kappa shape index (κ1) is 12.8. The first-order chi connectivity index (χ1) is 9.17. The van der Waals surface area contributed by atoms with Crippen molar-refractivity contribution in [3.05, 3.63) is 35.5 Å². The molecular weight excluding hydrogens is 244 g/mol. The molecule has 0 aliphatic heterocycles. The minimum atomic E-state index is -0.611. The van der Waals surface area contributed by atoms with E-state index in [1.807, 2.05) is 6.07 Å². The van der Waals surface area contributed by atoms with Crippen molar-refractivity contribution >= 4 is 16.9 Å². The molecule has 0 fully saturated rings. The Morgan fingerprint density at radius 3 is 3.00 bits per heavy atom. The number of nitrogens with zero attached hydrogens (tertiary/aromatic N) is 2. The Hall–Kier alpha value is -2.61. The fourth-order valence-corrected chi connectivity index (χ4v) is 1.79. The summed E-state index contributed by atoms with van der Waals surface area (Å²) in [5.74, 6) is -0.775. The highest BCUT2D eigenvalue weighted by Crippen LogP contribution is 2.28. The molecule has 19 heavy (non-hydrogen) atoms. The molecular formula is C14H12N2O3. The standard InChI is InChI=1S/C14H12N2O3/c1-2-19-14(18)11-8-16-12-4-3-9(5-6-15)7-10(12)13(11)17/h3-4,7-8H,2,5H2,1H3,(H,16,17). The molecule has 5 nitrogen and oxygen atoms in total. The number of carbonyl (C=O) groups is 1. The zero-order valence-corrected chi connectivity index (χ0v) is 10.4. The summed E-state index contributed by atoms with van der Waals surface area (Å²) in [7, 11) is 0. The van der Waals surface area contributed by atoms with Gasteiger partial charge in [-0.2, -0.15) is 5.26 Å². The minimum absolute atomic E-state index is 0.0310. The van der Waals surface area contributed by atoms with E-state index in [-0.39, 0.29) is 24.3 Å². The van der Waals surface area contributed by atoms with Crippen LogP contribution in [0.5, 0.6) is 5.75 Å². The van der Waals surface area contributed by atoms with E-state index in [0.29, 0.717) is 10.9 Å². The molecule has 5 heteroatoms. The van der Waals surface area contributed by atoms with Gasteiger partial charge in [-0.15, -0.1) is 0 Å². The van der Waals surface area contributed by atoms with E-state index in [1.54, 1.807) is 25.1 Å². The van der Waals surface area contributed by atoms with Gasteiger partial charge in [0.05, 0.1) is 24.6 Å². The van der Waals surface area contributed by atoms with Crippen LogP contribution in [0.2, 0.25) is 0 Å². The van der Waals surface area contributed by atoms with E-state index in [4.69, 9.17) is 10.00 Å². The summed E-state index contributed by atoms with van der Waals surface area (Å²) in [6, 6.07) is 7.16. The van der Waals surface area contributed by atoms with E-state index in [0.717, 1.165) is 5.56 Å². The Morgan fingerprint density at radius 1 is 1.53 bits per heavy atom. The van der Waals surface area contributed by atoms with Gasteiger partial charge in [0.25, 0.3) is 0 Å². The Kier molecular flexibility index (Phi) is 3.62. The fourth-order valence-electron chi connectivity index (χ4n) is 1.79. The maximum absolute atomic E-state index is 11.6. The Balaban J connectivity index is 2.56. The average molecular weight is 256 g/mol. The lowest BCUT2D eigenvalue weighted by atomic mass is 10.1. The molecule has 0 spiro atoms. The minimum Gasteiger partial charge on any atom is -0.506 e. The van der Waals surface area contributed by atoms with Crippen molar-refractivity contribution in [3.8, 4) is 11.8 Å².